The lowest BCUT2D eigenvalue weighted by molar-refractivity contribution is 0.0697. The van der Waals surface area contributed by atoms with Crippen LogP contribution in [0.25, 0.3) is 0 Å². The van der Waals surface area contributed by atoms with Crippen LogP contribution in [0.2, 0.25) is 0 Å². The number of nitrogens with zero attached hydrogens (tertiary/aromatic N) is 1. The fourth-order valence-corrected chi connectivity index (χ4v) is 1.89. The summed E-state index contributed by atoms with van der Waals surface area (Å²) in [6, 6.07) is 6.23. The second kappa shape index (κ2) is 5.08. The molecule has 0 radical (unpaired) electrons. The van der Waals surface area contributed by atoms with Crippen LogP contribution in [-0.4, -0.2) is 30.3 Å². The third kappa shape index (κ3) is 2.45. The first-order valence-electron chi connectivity index (χ1n) is 5.89. The number of carbonyl (C=O) groups is 2. The van der Waals surface area contributed by atoms with Gasteiger partial charge in [-0.1, -0.05) is 6.92 Å². The number of carbonyl (C=O) groups excluding carboxylic acids is 1. The molecule has 1 amide bonds. The average Bonchev–Trinajstić information content (AvgIpc) is 2.39. The Balaban J connectivity index is 2.18. The number of benzene rings is 1. The van der Waals surface area contributed by atoms with Gasteiger partial charge >= 0.3 is 12.1 Å². The number of aromatic carboxylic acids is 1. The van der Waals surface area contributed by atoms with E-state index in [9.17, 15) is 9.59 Å². The molecule has 96 valence electrons. The Labute approximate surface area is 105 Å². The van der Waals surface area contributed by atoms with E-state index in [1.807, 2.05) is 0 Å². The maximum absolute atomic E-state index is 11.7. The van der Waals surface area contributed by atoms with E-state index in [0.29, 0.717) is 24.8 Å². The zero-order chi connectivity index (χ0) is 13.1. The number of carboxylic acids is 1. The molecule has 1 aliphatic rings. The van der Waals surface area contributed by atoms with Crippen molar-refractivity contribution in [1.29, 1.82) is 0 Å². The molecule has 0 bridgehead atoms. The van der Waals surface area contributed by atoms with E-state index in [1.54, 1.807) is 17.0 Å². The molecule has 1 fully saturated rings. The van der Waals surface area contributed by atoms with E-state index in [0.717, 1.165) is 6.42 Å². The highest BCUT2D eigenvalue weighted by molar-refractivity contribution is 5.91. The third-order valence-electron chi connectivity index (χ3n) is 3.11. The first-order valence-corrected chi connectivity index (χ1v) is 5.89. The van der Waals surface area contributed by atoms with Gasteiger partial charge in [0.15, 0.2) is 0 Å². The van der Waals surface area contributed by atoms with E-state index in [4.69, 9.17) is 9.84 Å². The molecule has 5 nitrogen and oxygen atoms in total. The predicted octanol–water partition coefficient (Wildman–Crippen LogP) is 2.37. The van der Waals surface area contributed by atoms with Crippen molar-refractivity contribution in [2.45, 2.75) is 13.3 Å². The van der Waals surface area contributed by atoms with Gasteiger partial charge in [0.2, 0.25) is 0 Å². The molecular formula is C13H15NO4. The van der Waals surface area contributed by atoms with Crippen LogP contribution in [0, 0.1) is 5.92 Å². The van der Waals surface area contributed by atoms with Gasteiger partial charge in [0.25, 0.3) is 0 Å². The normalized spacial score (nSPS) is 19.5. The summed E-state index contributed by atoms with van der Waals surface area (Å²) in [5.74, 6) is -0.656. The fourth-order valence-electron chi connectivity index (χ4n) is 1.89. The summed E-state index contributed by atoms with van der Waals surface area (Å²) in [6.07, 6.45) is 0.569. The number of anilines is 1. The maximum atomic E-state index is 11.7. The Morgan fingerprint density at radius 2 is 2.11 bits per heavy atom. The first-order chi connectivity index (χ1) is 8.61. The van der Waals surface area contributed by atoms with Gasteiger partial charge in [-0.15, -0.1) is 0 Å². The largest absolute Gasteiger partial charge is 0.478 e. The van der Waals surface area contributed by atoms with Crippen molar-refractivity contribution in [2.24, 2.45) is 5.92 Å². The van der Waals surface area contributed by atoms with Crippen LogP contribution in [0.5, 0.6) is 0 Å². The molecule has 5 heteroatoms. The summed E-state index contributed by atoms with van der Waals surface area (Å²) in [4.78, 5) is 24.0. The molecule has 1 N–H and O–H groups in total. The van der Waals surface area contributed by atoms with E-state index < -0.39 is 5.97 Å². The zero-order valence-electron chi connectivity index (χ0n) is 10.1. The van der Waals surface area contributed by atoms with Crippen molar-refractivity contribution < 1.29 is 19.4 Å². The highest BCUT2D eigenvalue weighted by atomic mass is 16.6. The van der Waals surface area contributed by atoms with Crippen molar-refractivity contribution in [2.75, 3.05) is 18.1 Å². The minimum Gasteiger partial charge on any atom is -0.478 e. The molecule has 1 aliphatic heterocycles. The highest BCUT2D eigenvalue weighted by Crippen LogP contribution is 2.22. The molecule has 1 saturated heterocycles. The molecule has 0 aliphatic carbocycles. The number of amides is 1. The van der Waals surface area contributed by atoms with Crippen LogP contribution in [0.15, 0.2) is 24.3 Å². The van der Waals surface area contributed by atoms with Gasteiger partial charge in [-0.2, -0.15) is 0 Å². The van der Waals surface area contributed by atoms with Crippen LogP contribution in [-0.2, 0) is 4.74 Å². The molecule has 1 atom stereocenters. The predicted molar refractivity (Wildman–Crippen MR) is 65.9 cm³/mol. The minimum atomic E-state index is -0.978. The second-order valence-corrected chi connectivity index (χ2v) is 4.31. The van der Waals surface area contributed by atoms with Gasteiger partial charge in [0.1, 0.15) is 0 Å². The quantitative estimate of drug-likeness (QED) is 0.893. The lowest BCUT2D eigenvalue weighted by atomic mass is 10.1. The Morgan fingerprint density at radius 1 is 1.44 bits per heavy atom. The molecule has 1 aromatic rings. The summed E-state index contributed by atoms with van der Waals surface area (Å²) in [5, 5.41) is 8.81. The van der Waals surface area contributed by atoms with E-state index in [-0.39, 0.29) is 11.7 Å². The van der Waals surface area contributed by atoms with Crippen molar-refractivity contribution >= 4 is 17.7 Å². The molecule has 0 spiro atoms. The third-order valence-corrected chi connectivity index (χ3v) is 3.11. The van der Waals surface area contributed by atoms with Crippen molar-refractivity contribution in [3.63, 3.8) is 0 Å². The standard InChI is InChI=1S/C13H15NO4/c1-2-9-7-14(13(17)18-8-9)11-5-3-10(4-6-11)12(15)16/h3-6,9H,2,7-8H2,1H3,(H,15,16). The van der Waals surface area contributed by atoms with E-state index >= 15 is 0 Å². The van der Waals surface area contributed by atoms with Crippen molar-refractivity contribution in [3.05, 3.63) is 29.8 Å². The van der Waals surface area contributed by atoms with Crippen LogP contribution in [0.3, 0.4) is 0 Å². The number of hydrogen-bond donors (Lipinski definition) is 1. The molecule has 1 heterocycles. The summed E-state index contributed by atoms with van der Waals surface area (Å²) < 4.78 is 5.10. The van der Waals surface area contributed by atoms with Gasteiger partial charge in [0.05, 0.1) is 12.2 Å². The van der Waals surface area contributed by atoms with Crippen molar-refractivity contribution in [3.8, 4) is 0 Å². The maximum Gasteiger partial charge on any atom is 0.414 e. The molecule has 0 saturated carbocycles. The monoisotopic (exact) mass is 249 g/mol. The van der Waals surface area contributed by atoms with Gasteiger partial charge in [-0.3, -0.25) is 4.90 Å². The van der Waals surface area contributed by atoms with Gasteiger partial charge < -0.3 is 9.84 Å². The minimum absolute atomic E-state index is 0.205. The van der Waals surface area contributed by atoms with Gasteiger partial charge in [0, 0.05) is 18.2 Å². The SMILES string of the molecule is CCC1COC(=O)N(c2ccc(C(=O)O)cc2)C1. The topological polar surface area (TPSA) is 66.8 Å². The van der Waals surface area contributed by atoms with Crippen LogP contribution >= 0.6 is 0 Å². The van der Waals surface area contributed by atoms with E-state index in [2.05, 4.69) is 6.92 Å². The number of hydrogen-bond acceptors (Lipinski definition) is 3. The fraction of sp³-hybridized carbons (Fsp3) is 0.385. The highest BCUT2D eigenvalue weighted by Gasteiger charge is 2.27. The van der Waals surface area contributed by atoms with E-state index in [1.165, 1.54) is 12.1 Å². The Kier molecular flexibility index (Phi) is 3.50. The second-order valence-electron chi connectivity index (χ2n) is 4.31. The Bertz CT molecular complexity index is 455. The lowest BCUT2D eigenvalue weighted by Crippen LogP contribution is -2.43. The molecule has 0 aromatic heterocycles. The van der Waals surface area contributed by atoms with Crippen LogP contribution < -0.4 is 4.90 Å². The van der Waals surface area contributed by atoms with Crippen LogP contribution in [0.4, 0.5) is 10.5 Å². The molecule has 2 rings (SSSR count). The summed E-state index contributed by atoms with van der Waals surface area (Å²) >= 11 is 0. The lowest BCUT2D eigenvalue weighted by Gasteiger charge is -2.31. The number of ether oxygens (including phenoxy) is 1. The smallest absolute Gasteiger partial charge is 0.414 e. The summed E-state index contributed by atoms with van der Waals surface area (Å²) in [5.41, 5.74) is 0.874. The molecular weight excluding hydrogens is 234 g/mol. The molecule has 1 aromatic carbocycles. The summed E-state index contributed by atoms with van der Waals surface area (Å²) in [6.45, 7) is 3.12. The summed E-state index contributed by atoms with van der Waals surface area (Å²) in [7, 11) is 0. The average molecular weight is 249 g/mol. The molecule has 1 unspecified atom stereocenters. The van der Waals surface area contributed by atoms with Gasteiger partial charge in [-0.05, 0) is 30.7 Å². The Hall–Kier alpha value is -2.04. The van der Waals surface area contributed by atoms with Gasteiger partial charge in [-0.25, -0.2) is 9.59 Å². The number of carboxylic acid groups (broad SMARTS) is 1. The van der Waals surface area contributed by atoms with Crippen molar-refractivity contribution in [1.82, 2.24) is 0 Å². The Morgan fingerprint density at radius 3 is 2.67 bits per heavy atom. The van der Waals surface area contributed by atoms with Crippen LogP contribution in [0.1, 0.15) is 23.7 Å². The molecule has 18 heavy (non-hydrogen) atoms. The number of cyclic esters (lactones) is 1. The number of rotatable bonds is 3. The first kappa shape index (κ1) is 12.4. The zero-order valence-corrected chi connectivity index (χ0v) is 10.1.